The highest BCUT2D eigenvalue weighted by atomic mass is 16.7. The average Bonchev–Trinajstić information content (AvgIpc) is 2.43. The van der Waals surface area contributed by atoms with Crippen LogP contribution in [0.25, 0.3) is 0 Å². The van der Waals surface area contributed by atoms with Crippen molar-refractivity contribution < 1.29 is 14.3 Å². The number of hydrogen-bond donors (Lipinski definition) is 1. The minimum atomic E-state index is -0.565. The highest BCUT2D eigenvalue weighted by Crippen LogP contribution is 2.21. The van der Waals surface area contributed by atoms with Gasteiger partial charge >= 0.3 is 0 Å². The zero-order chi connectivity index (χ0) is 10.6. The van der Waals surface area contributed by atoms with E-state index < -0.39 is 5.79 Å². The second-order valence-electron chi connectivity index (χ2n) is 3.59. The lowest BCUT2D eigenvalue weighted by Gasteiger charge is -2.17. The minimum absolute atomic E-state index is 0.114. The number of nitrogens with one attached hydrogen (secondary N) is 1. The third-order valence-electron chi connectivity index (χ3n) is 1.83. The maximum Gasteiger partial charge on any atom is 0.234 e. The van der Waals surface area contributed by atoms with Gasteiger partial charge in [-0.3, -0.25) is 4.79 Å². The first-order chi connectivity index (χ1) is 6.53. The summed E-state index contributed by atoms with van der Waals surface area (Å²) in [6.45, 7) is 4.51. The van der Waals surface area contributed by atoms with Crippen LogP contribution in [0.1, 0.15) is 20.3 Å². The van der Waals surface area contributed by atoms with Crippen molar-refractivity contribution >= 4 is 5.91 Å². The molecule has 14 heavy (non-hydrogen) atoms. The van der Waals surface area contributed by atoms with Gasteiger partial charge in [-0.05, 0) is 13.8 Å². The average molecular weight is 198 g/mol. The number of ether oxygens (including phenoxy) is 2. The molecule has 78 valence electrons. The summed E-state index contributed by atoms with van der Waals surface area (Å²) < 4.78 is 10.8. The molecule has 1 aliphatic rings. The van der Waals surface area contributed by atoms with Crippen LogP contribution in [-0.2, 0) is 14.3 Å². The van der Waals surface area contributed by atoms with Crippen molar-refractivity contribution in [3.8, 4) is 6.07 Å². The molecule has 1 atom stereocenters. The van der Waals surface area contributed by atoms with Crippen molar-refractivity contribution in [1.29, 1.82) is 5.26 Å². The number of carbonyl (C=O) groups excluding carboxylic acids is 1. The standard InChI is InChI=1S/C9H14N2O3/c1-9(2)13-6-7(14-9)5-11-8(12)3-4-10/h7H,3,5-6H2,1-2H3,(H,11,12)/t7-/m1/s1. The van der Waals surface area contributed by atoms with Crippen LogP contribution in [0.3, 0.4) is 0 Å². The summed E-state index contributed by atoms with van der Waals surface area (Å²) in [5.74, 6) is -0.842. The van der Waals surface area contributed by atoms with Gasteiger partial charge in [-0.15, -0.1) is 0 Å². The number of amides is 1. The monoisotopic (exact) mass is 198 g/mol. The first kappa shape index (κ1) is 11.0. The molecule has 1 rings (SSSR count). The van der Waals surface area contributed by atoms with Gasteiger partial charge in [0, 0.05) is 6.54 Å². The fraction of sp³-hybridized carbons (Fsp3) is 0.778. The Morgan fingerprint density at radius 3 is 2.93 bits per heavy atom. The van der Waals surface area contributed by atoms with Gasteiger partial charge in [0.1, 0.15) is 12.5 Å². The Labute approximate surface area is 83.0 Å². The maximum absolute atomic E-state index is 10.9. The van der Waals surface area contributed by atoms with Crippen LogP contribution in [0.15, 0.2) is 0 Å². The van der Waals surface area contributed by atoms with Gasteiger partial charge in [0.25, 0.3) is 0 Å². The van der Waals surface area contributed by atoms with Crippen LogP contribution >= 0.6 is 0 Å². The summed E-state index contributed by atoms with van der Waals surface area (Å²) in [5.41, 5.74) is 0. The summed E-state index contributed by atoms with van der Waals surface area (Å²) in [6, 6.07) is 1.78. The molecular formula is C9H14N2O3. The van der Waals surface area contributed by atoms with E-state index >= 15 is 0 Å². The first-order valence-corrected chi connectivity index (χ1v) is 4.49. The molecule has 1 fully saturated rings. The quantitative estimate of drug-likeness (QED) is 0.701. The molecular weight excluding hydrogens is 184 g/mol. The smallest absolute Gasteiger partial charge is 0.234 e. The molecule has 1 N–H and O–H groups in total. The van der Waals surface area contributed by atoms with Crippen molar-refractivity contribution in [3.05, 3.63) is 0 Å². The lowest BCUT2D eigenvalue weighted by Crippen LogP contribution is -2.34. The molecule has 0 aromatic rings. The lowest BCUT2D eigenvalue weighted by molar-refractivity contribution is -0.139. The molecule has 0 aliphatic carbocycles. The first-order valence-electron chi connectivity index (χ1n) is 4.49. The van der Waals surface area contributed by atoms with E-state index in [1.165, 1.54) is 0 Å². The zero-order valence-corrected chi connectivity index (χ0v) is 8.37. The number of hydrogen-bond acceptors (Lipinski definition) is 4. The van der Waals surface area contributed by atoms with Crippen molar-refractivity contribution in [3.63, 3.8) is 0 Å². The summed E-state index contributed by atoms with van der Waals surface area (Å²) in [5, 5.41) is 10.8. The Kier molecular flexibility index (Phi) is 3.44. The van der Waals surface area contributed by atoms with Gasteiger partial charge in [0.05, 0.1) is 12.7 Å². The van der Waals surface area contributed by atoms with Crippen molar-refractivity contribution in [1.82, 2.24) is 5.32 Å². The van der Waals surface area contributed by atoms with Crippen molar-refractivity contribution in [2.45, 2.75) is 32.2 Å². The second kappa shape index (κ2) is 4.40. The molecule has 5 heteroatoms. The number of nitrogens with zero attached hydrogens (tertiary/aromatic N) is 1. The van der Waals surface area contributed by atoms with Gasteiger partial charge in [0.2, 0.25) is 5.91 Å². The minimum Gasteiger partial charge on any atom is -0.353 e. The van der Waals surface area contributed by atoms with Crippen LogP contribution in [0, 0.1) is 11.3 Å². The van der Waals surface area contributed by atoms with Crippen LogP contribution in [0.5, 0.6) is 0 Å². The molecule has 0 spiro atoms. The van der Waals surface area contributed by atoms with E-state index in [2.05, 4.69) is 5.32 Å². The highest BCUT2D eigenvalue weighted by molar-refractivity contribution is 5.77. The summed E-state index contributed by atoms with van der Waals surface area (Å²) in [4.78, 5) is 10.9. The topological polar surface area (TPSA) is 71.3 Å². The SMILES string of the molecule is CC1(C)OC[C@@H](CNC(=O)CC#N)O1. The van der Waals surface area contributed by atoms with E-state index in [-0.39, 0.29) is 18.4 Å². The maximum atomic E-state index is 10.9. The van der Waals surface area contributed by atoms with Crippen LogP contribution in [0.4, 0.5) is 0 Å². The molecule has 5 nitrogen and oxygen atoms in total. The third-order valence-corrected chi connectivity index (χ3v) is 1.83. The highest BCUT2D eigenvalue weighted by Gasteiger charge is 2.32. The molecule has 0 aromatic carbocycles. The fourth-order valence-corrected chi connectivity index (χ4v) is 1.23. The second-order valence-corrected chi connectivity index (χ2v) is 3.59. The Morgan fingerprint density at radius 2 is 2.43 bits per heavy atom. The lowest BCUT2D eigenvalue weighted by atomic mass is 10.3. The van der Waals surface area contributed by atoms with Gasteiger partial charge in [-0.25, -0.2) is 0 Å². The Bertz CT molecular complexity index is 257. The van der Waals surface area contributed by atoms with Crippen molar-refractivity contribution in [2.75, 3.05) is 13.2 Å². The van der Waals surface area contributed by atoms with Gasteiger partial charge in [-0.2, -0.15) is 5.26 Å². The van der Waals surface area contributed by atoms with Crippen molar-refractivity contribution in [2.24, 2.45) is 0 Å². The Morgan fingerprint density at radius 1 is 1.71 bits per heavy atom. The van der Waals surface area contributed by atoms with E-state index in [1.54, 1.807) is 6.07 Å². The van der Waals surface area contributed by atoms with Gasteiger partial charge in [0.15, 0.2) is 5.79 Å². The number of nitriles is 1. The molecule has 1 aliphatic heterocycles. The predicted molar refractivity (Wildman–Crippen MR) is 48.1 cm³/mol. The molecule has 0 aromatic heterocycles. The normalized spacial score (nSPS) is 24.2. The predicted octanol–water partition coefficient (Wildman–Crippen LogP) is 0.168. The van der Waals surface area contributed by atoms with E-state index in [0.717, 1.165) is 0 Å². The van der Waals surface area contributed by atoms with E-state index in [1.807, 2.05) is 13.8 Å². The molecule has 0 unspecified atom stereocenters. The number of rotatable bonds is 3. The Hall–Kier alpha value is -1.12. The number of carbonyl (C=O) groups is 1. The molecule has 0 radical (unpaired) electrons. The third kappa shape index (κ3) is 3.32. The van der Waals surface area contributed by atoms with Gasteiger partial charge < -0.3 is 14.8 Å². The molecule has 1 heterocycles. The van der Waals surface area contributed by atoms with E-state index in [0.29, 0.717) is 13.2 Å². The Balaban J connectivity index is 2.21. The van der Waals surface area contributed by atoms with Gasteiger partial charge in [-0.1, -0.05) is 0 Å². The fourth-order valence-electron chi connectivity index (χ4n) is 1.23. The van der Waals surface area contributed by atoms with Crippen LogP contribution < -0.4 is 5.32 Å². The van der Waals surface area contributed by atoms with E-state index in [9.17, 15) is 4.79 Å². The summed E-state index contributed by atoms with van der Waals surface area (Å²) in [6.07, 6.45) is -0.232. The molecule has 1 amide bonds. The van der Waals surface area contributed by atoms with Crippen LogP contribution in [-0.4, -0.2) is 30.9 Å². The van der Waals surface area contributed by atoms with E-state index in [4.69, 9.17) is 14.7 Å². The molecule has 1 saturated heterocycles. The van der Waals surface area contributed by atoms with Crippen LogP contribution in [0.2, 0.25) is 0 Å². The zero-order valence-electron chi connectivity index (χ0n) is 8.37. The molecule has 0 bridgehead atoms. The molecule has 0 saturated carbocycles. The summed E-state index contributed by atoms with van der Waals surface area (Å²) >= 11 is 0. The summed E-state index contributed by atoms with van der Waals surface area (Å²) in [7, 11) is 0. The largest absolute Gasteiger partial charge is 0.353 e.